The first-order valence-electron chi connectivity index (χ1n) is 7.81. The fraction of sp³-hybridized carbons (Fsp3) is 0.375. The first-order chi connectivity index (χ1) is 11.9. The van der Waals surface area contributed by atoms with Gasteiger partial charge in [0.2, 0.25) is 5.91 Å². The van der Waals surface area contributed by atoms with Crippen LogP contribution in [0.1, 0.15) is 12.0 Å². The molecule has 1 saturated heterocycles. The van der Waals surface area contributed by atoms with Crippen LogP contribution in [0.4, 0.5) is 0 Å². The van der Waals surface area contributed by atoms with Gasteiger partial charge in [-0.05, 0) is 30.2 Å². The summed E-state index contributed by atoms with van der Waals surface area (Å²) in [5.41, 5.74) is 5.24. The average molecular weight is 366 g/mol. The van der Waals surface area contributed by atoms with Gasteiger partial charge in [0.25, 0.3) is 5.91 Å². The molecule has 9 heteroatoms. The molecular weight excluding hydrogens is 348 g/mol. The van der Waals surface area contributed by atoms with Crippen molar-refractivity contribution >= 4 is 27.7 Å². The third-order valence-corrected chi connectivity index (χ3v) is 5.67. The zero-order chi connectivity index (χ0) is 17.9. The SMILES string of the molecule is O=C(/C=C/c1ccc2c(c1)OCCO2)NNC(=O)[C@H]1CCS(=O)(=O)C1. The van der Waals surface area contributed by atoms with Crippen LogP contribution < -0.4 is 20.3 Å². The molecule has 1 atom stereocenters. The van der Waals surface area contributed by atoms with Gasteiger partial charge in [-0.3, -0.25) is 20.4 Å². The molecule has 0 bridgehead atoms. The monoisotopic (exact) mass is 366 g/mol. The molecule has 0 unspecified atom stereocenters. The maximum atomic E-state index is 11.8. The Labute approximate surface area is 145 Å². The van der Waals surface area contributed by atoms with Crippen LogP contribution in [0.3, 0.4) is 0 Å². The zero-order valence-electron chi connectivity index (χ0n) is 13.4. The molecule has 1 fully saturated rings. The number of hydrazine groups is 1. The number of benzene rings is 1. The highest BCUT2D eigenvalue weighted by atomic mass is 32.2. The van der Waals surface area contributed by atoms with Crippen LogP contribution in [0.2, 0.25) is 0 Å². The molecule has 0 saturated carbocycles. The fourth-order valence-corrected chi connectivity index (χ4v) is 4.35. The summed E-state index contributed by atoms with van der Waals surface area (Å²) in [6, 6.07) is 5.29. The maximum Gasteiger partial charge on any atom is 0.262 e. The van der Waals surface area contributed by atoms with E-state index in [4.69, 9.17) is 9.47 Å². The van der Waals surface area contributed by atoms with Gasteiger partial charge in [0.1, 0.15) is 13.2 Å². The van der Waals surface area contributed by atoms with Crippen LogP contribution in [0.5, 0.6) is 11.5 Å². The quantitative estimate of drug-likeness (QED) is 0.578. The minimum Gasteiger partial charge on any atom is -0.486 e. The van der Waals surface area contributed by atoms with Crippen molar-refractivity contribution in [2.75, 3.05) is 24.7 Å². The van der Waals surface area contributed by atoms with E-state index in [1.807, 2.05) is 0 Å². The summed E-state index contributed by atoms with van der Waals surface area (Å²) < 4.78 is 33.6. The summed E-state index contributed by atoms with van der Waals surface area (Å²) in [7, 11) is -3.14. The molecule has 2 N–H and O–H groups in total. The van der Waals surface area contributed by atoms with Gasteiger partial charge >= 0.3 is 0 Å². The Kier molecular flexibility index (Phi) is 4.93. The van der Waals surface area contributed by atoms with Crippen molar-refractivity contribution in [2.45, 2.75) is 6.42 Å². The Bertz CT molecular complexity index is 818. The molecule has 134 valence electrons. The van der Waals surface area contributed by atoms with E-state index in [1.54, 1.807) is 24.3 Å². The average Bonchev–Trinajstić information content (AvgIpc) is 2.97. The molecule has 1 aromatic carbocycles. The zero-order valence-corrected chi connectivity index (χ0v) is 14.2. The molecule has 0 radical (unpaired) electrons. The number of rotatable bonds is 3. The van der Waals surface area contributed by atoms with E-state index in [-0.39, 0.29) is 17.9 Å². The summed E-state index contributed by atoms with van der Waals surface area (Å²) in [5, 5.41) is 0. The molecule has 8 nitrogen and oxygen atoms in total. The van der Waals surface area contributed by atoms with E-state index in [1.165, 1.54) is 6.08 Å². The highest BCUT2D eigenvalue weighted by Crippen LogP contribution is 2.31. The third-order valence-electron chi connectivity index (χ3n) is 3.91. The Balaban J connectivity index is 1.50. The van der Waals surface area contributed by atoms with Crippen LogP contribution in [-0.4, -0.2) is 45.0 Å². The number of carbonyl (C=O) groups is 2. The normalized spacial score (nSPS) is 21.0. The Morgan fingerprint density at radius 2 is 1.88 bits per heavy atom. The van der Waals surface area contributed by atoms with Gasteiger partial charge < -0.3 is 9.47 Å². The van der Waals surface area contributed by atoms with E-state index in [0.29, 0.717) is 24.7 Å². The topological polar surface area (TPSA) is 111 Å². The molecule has 0 aromatic heterocycles. The first kappa shape index (κ1) is 17.3. The lowest BCUT2D eigenvalue weighted by atomic mass is 10.1. The molecule has 1 aromatic rings. The number of nitrogens with one attached hydrogen (secondary N) is 2. The maximum absolute atomic E-state index is 11.8. The molecule has 2 aliphatic rings. The van der Waals surface area contributed by atoms with Crippen molar-refractivity contribution in [1.82, 2.24) is 10.9 Å². The van der Waals surface area contributed by atoms with Crippen molar-refractivity contribution in [3.8, 4) is 11.5 Å². The number of amides is 2. The van der Waals surface area contributed by atoms with Gasteiger partial charge in [-0.1, -0.05) is 6.07 Å². The number of carbonyl (C=O) groups excluding carboxylic acids is 2. The summed E-state index contributed by atoms with van der Waals surface area (Å²) in [5.74, 6) is -0.542. The Morgan fingerprint density at radius 1 is 1.12 bits per heavy atom. The Hall–Kier alpha value is -2.55. The second-order valence-corrected chi connectivity index (χ2v) is 8.04. The van der Waals surface area contributed by atoms with Crippen molar-refractivity contribution in [1.29, 1.82) is 0 Å². The number of hydrogen-bond acceptors (Lipinski definition) is 6. The van der Waals surface area contributed by atoms with E-state index in [9.17, 15) is 18.0 Å². The van der Waals surface area contributed by atoms with E-state index in [2.05, 4.69) is 10.9 Å². The summed E-state index contributed by atoms with van der Waals surface area (Å²) in [6.07, 6.45) is 3.11. The summed E-state index contributed by atoms with van der Waals surface area (Å²) in [4.78, 5) is 23.6. The molecule has 2 heterocycles. The van der Waals surface area contributed by atoms with Crippen LogP contribution in [0.25, 0.3) is 6.08 Å². The van der Waals surface area contributed by atoms with E-state index >= 15 is 0 Å². The predicted octanol–water partition coefficient (Wildman–Crippen LogP) is 0.0531. The lowest BCUT2D eigenvalue weighted by Crippen LogP contribution is -2.44. The predicted molar refractivity (Wildman–Crippen MR) is 89.5 cm³/mol. The van der Waals surface area contributed by atoms with Gasteiger partial charge in [0, 0.05) is 6.08 Å². The smallest absolute Gasteiger partial charge is 0.262 e. The standard InChI is InChI=1S/C16H18N2O6S/c19-15(17-18-16(20)12-5-8-25(21,22)10-12)4-2-11-1-3-13-14(9-11)24-7-6-23-13/h1-4,9,12H,5-8,10H2,(H,17,19)(H,18,20)/b4-2+/t12-/m0/s1. The van der Waals surface area contributed by atoms with Crippen molar-refractivity contribution in [2.24, 2.45) is 5.92 Å². The molecule has 25 heavy (non-hydrogen) atoms. The van der Waals surface area contributed by atoms with Gasteiger partial charge in [0.05, 0.1) is 17.4 Å². The number of ether oxygens (including phenoxy) is 2. The van der Waals surface area contributed by atoms with Crippen molar-refractivity contribution in [3.63, 3.8) is 0 Å². The second kappa shape index (κ2) is 7.14. The molecule has 2 amide bonds. The molecule has 0 spiro atoms. The van der Waals surface area contributed by atoms with E-state index < -0.39 is 27.6 Å². The molecular formula is C16H18N2O6S. The minimum absolute atomic E-state index is 0.00303. The molecule has 2 aliphatic heterocycles. The van der Waals surface area contributed by atoms with Gasteiger partial charge in [-0.25, -0.2) is 8.42 Å². The van der Waals surface area contributed by atoms with Crippen LogP contribution in [0.15, 0.2) is 24.3 Å². The lowest BCUT2D eigenvalue weighted by molar-refractivity contribution is -0.129. The van der Waals surface area contributed by atoms with Gasteiger partial charge in [0.15, 0.2) is 21.3 Å². The summed E-state index contributed by atoms with van der Waals surface area (Å²) >= 11 is 0. The van der Waals surface area contributed by atoms with Gasteiger partial charge in [-0.15, -0.1) is 0 Å². The third kappa shape index (κ3) is 4.50. The Morgan fingerprint density at radius 3 is 2.60 bits per heavy atom. The fourth-order valence-electron chi connectivity index (χ4n) is 2.60. The largest absolute Gasteiger partial charge is 0.486 e. The van der Waals surface area contributed by atoms with Crippen LogP contribution in [-0.2, 0) is 19.4 Å². The minimum atomic E-state index is -3.14. The number of hydrogen-bond donors (Lipinski definition) is 2. The summed E-state index contributed by atoms with van der Waals surface area (Å²) in [6.45, 7) is 0.982. The van der Waals surface area contributed by atoms with Crippen LogP contribution in [0, 0.1) is 5.92 Å². The molecule has 0 aliphatic carbocycles. The molecule has 3 rings (SSSR count). The van der Waals surface area contributed by atoms with Gasteiger partial charge in [-0.2, -0.15) is 0 Å². The van der Waals surface area contributed by atoms with E-state index in [0.717, 1.165) is 5.56 Å². The second-order valence-electron chi connectivity index (χ2n) is 5.81. The van der Waals surface area contributed by atoms with Crippen LogP contribution >= 0.6 is 0 Å². The highest BCUT2D eigenvalue weighted by molar-refractivity contribution is 7.91. The number of sulfone groups is 1. The lowest BCUT2D eigenvalue weighted by Gasteiger charge is -2.18. The highest BCUT2D eigenvalue weighted by Gasteiger charge is 2.32. The first-order valence-corrected chi connectivity index (χ1v) is 9.63. The van der Waals surface area contributed by atoms with Crippen molar-refractivity contribution < 1.29 is 27.5 Å². The van der Waals surface area contributed by atoms with Crippen molar-refractivity contribution in [3.05, 3.63) is 29.8 Å². The number of fused-ring (bicyclic) bond motifs is 1.